The molecule has 0 unspecified atom stereocenters. The molecule has 2 aromatic rings. The molecule has 0 bridgehead atoms. The van der Waals surface area contributed by atoms with Gasteiger partial charge in [-0.3, -0.25) is 9.59 Å². The molecule has 4 rings (SSSR count). The third-order valence-corrected chi connectivity index (χ3v) is 7.17. The molecule has 1 N–H and O–H groups in total. The quantitative estimate of drug-likeness (QED) is 0.215. The smallest absolute Gasteiger partial charge is 0.295 e. The molecule has 216 valence electrons. The molecule has 2 aromatic carbocycles. The van der Waals surface area contributed by atoms with E-state index in [0.29, 0.717) is 73.5 Å². The van der Waals surface area contributed by atoms with E-state index in [9.17, 15) is 14.7 Å². The summed E-state index contributed by atoms with van der Waals surface area (Å²) >= 11 is 0. The number of benzene rings is 2. The number of fused-ring (bicyclic) bond motifs is 1. The molecule has 40 heavy (non-hydrogen) atoms. The van der Waals surface area contributed by atoms with Crippen LogP contribution in [0.25, 0.3) is 5.76 Å². The highest BCUT2D eigenvalue weighted by atomic mass is 16.6. The van der Waals surface area contributed by atoms with E-state index >= 15 is 0 Å². The van der Waals surface area contributed by atoms with E-state index in [2.05, 4.69) is 18.7 Å². The molecule has 1 amide bonds. The van der Waals surface area contributed by atoms with Crippen molar-refractivity contribution in [3.05, 3.63) is 53.1 Å². The van der Waals surface area contributed by atoms with Gasteiger partial charge in [0.25, 0.3) is 11.7 Å². The summed E-state index contributed by atoms with van der Waals surface area (Å²) in [7, 11) is 0. The molecule has 1 atom stereocenters. The first-order chi connectivity index (χ1) is 19.4. The highest BCUT2D eigenvalue weighted by molar-refractivity contribution is 6.46. The van der Waals surface area contributed by atoms with Gasteiger partial charge in [0.15, 0.2) is 23.0 Å². The number of hydrogen-bond donors (Lipinski definition) is 1. The Bertz CT molecular complexity index is 1240. The van der Waals surface area contributed by atoms with Gasteiger partial charge in [-0.2, -0.15) is 0 Å². The van der Waals surface area contributed by atoms with Crippen LogP contribution >= 0.6 is 0 Å². The maximum absolute atomic E-state index is 13.5. The fourth-order valence-corrected chi connectivity index (χ4v) is 5.10. The number of ketones is 1. The number of aliphatic hydroxyl groups excluding tert-OH is 1. The van der Waals surface area contributed by atoms with Gasteiger partial charge in [-0.1, -0.05) is 26.8 Å². The van der Waals surface area contributed by atoms with Crippen LogP contribution in [0.3, 0.4) is 0 Å². The summed E-state index contributed by atoms with van der Waals surface area (Å²) < 4.78 is 23.0. The summed E-state index contributed by atoms with van der Waals surface area (Å²) in [6.07, 6.45) is 1.53. The fourth-order valence-electron chi connectivity index (χ4n) is 5.10. The lowest BCUT2D eigenvalue weighted by atomic mass is 9.94. The zero-order valence-corrected chi connectivity index (χ0v) is 23.9. The molecule has 2 heterocycles. The van der Waals surface area contributed by atoms with E-state index in [-0.39, 0.29) is 11.3 Å². The first kappa shape index (κ1) is 29.3. The highest BCUT2D eigenvalue weighted by Gasteiger charge is 2.46. The first-order valence-electron chi connectivity index (χ1n) is 14.2. The Balaban J connectivity index is 1.78. The van der Waals surface area contributed by atoms with Gasteiger partial charge in [-0.25, -0.2) is 0 Å². The lowest BCUT2D eigenvalue weighted by Gasteiger charge is -2.27. The van der Waals surface area contributed by atoms with Crippen molar-refractivity contribution in [3.8, 4) is 23.0 Å². The van der Waals surface area contributed by atoms with Crippen molar-refractivity contribution in [3.63, 3.8) is 0 Å². The maximum Gasteiger partial charge on any atom is 0.295 e. The van der Waals surface area contributed by atoms with E-state index < -0.39 is 17.7 Å². The van der Waals surface area contributed by atoms with E-state index in [1.807, 2.05) is 19.9 Å². The molecule has 0 spiro atoms. The normalized spacial score (nSPS) is 17.9. The number of Topliss-reactive ketones (excluding diaryl/α,β-unsaturated/α-hetero) is 1. The highest BCUT2D eigenvalue weighted by Crippen LogP contribution is 2.43. The van der Waals surface area contributed by atoms with Gasteiger partial charge in [0.1, 0.15) is 19.0 Å². The van der Waals surface area contributed by atoms with Crippen LogP contribution in [0.5, 0.6) is 23.0 Å². The lowest BCUT2D eigenvalue weighted by Crippen LogP contribution is -2.33. The van der Waals surface area contributed by atoms with Crippen LogP contribution in [0.4, 0.5) is 0 Å². The average Bonchev–Trinajstić information content (AvgIpc) is 3.23. The minimum Gasteiger partial charge on any atom is -0.507 e. The van der Waals surface area contributed by atoms with Gasteiger partial charge in [-0.05, 0) is 75.3 Å². The average molecular weight is 553 g/mol. The maximum atomic E-state index is 13.5. The third-order valence-electron chi connectivity index (χ3n) is 7.17. The SMILES string of the molecule is CCCOc1ccc([C@@H]2/C(=C(\O)c3ccc4c(c3)OCCO4)C(=O)C(=O)N2CCCN(CC)CC)cc1OCC. The number of hydrogen-bond acceptors (Lipinski definition) is 8. The summed E-state index contributed by atoms with van der Waals surface area (Å²) in [5.41, 5.74) is 1.07. The minimum absolute atomic E-state index is 0.0363. The van der Waals surface area contributed by atoms with Crippen molar-refractivity contribution in [2.75, 3.05) is 52.6 Å². The monoisotopic (exact) mass is 552 g/mol. The topological polar surface area (TPSA) is 97.8 Å². The van der Waals surface area contributed by atoms with Crippen LogP contribution in [0.2, 0.25) is 0 Å². The molecule has 0 saturated carbocycles. The van der Waals surface area contributed by atoms with Gasteiger partial charge in [0.2, 0.25) is 0 Å². The molecular weight excluding hydrogens is 512 g/mol. The molecule has 1 saturated heterocycles. The predicted octanol–water partition coefficient (Wildman–Crippen LogP) is 4.80. The third kappa shape index (κ3) is 6.20. The zero-order valence-electron chi connectivity index (χ0n) is 23.9. The first-order valence-corrected chi connectivity index (χ1v) is 14.2. The second-order valence-electron chi connectivity index (χ2n) is 9.72. The van der Waals surface area contributed by atoms with Crippen LogP contribution < -0.4 is 18.9 Å². The largest absolute Gasteiger partial charge is 0.507 e. The molecule has 0 radical (unpaired) electrons. The number of amides is 1. The number of carbonyl (C=O) groups excluding carboxylic acids is 2. The Morgan fingerprint density at radius 2 is 1.73 bits per heavy atom. The second-order valence-corrected chi connectivity index (χ2v) is 9.72. The van der Waals surface area contributed by atoms with E-state index in [1.54, 1.807) is 35.2 Å². The number of carbonyl (C=O) groups is 2. The molecule has 9 nitrogen and oxygen atoms in total. The molecule has 2 aliphatic rings. The standard InChI is InChI=1S/C31H40N2O7/c1-5-16-38-23-12-10-21(19-25(23)37-8-4)28-27(29(34)22-11-13-24-26(20-22)40-18-17-39-24)30(35)31(36)33(28)15-9-14-32(6-2)7-3/h10-13,19-20,28,34H,5-9,14-18H2,1-4H3/b29-27+/t28-/m1/s1. The molecule has 1 fully saturated rings. The van der Waals surface area contributed by atoms with Crippen LogP contribution in [0.15, 0.2) is 42.0 Å². The number of ether oxygens (including phenoxy) is 4. The number of nitrogens with zero attached hydrogens (tertiary/aromatic N) is 2. The van der Waals surface area contributed by atoms with Crippen molar-refractivity contribution >= 4 is 17.4 Å². The van der Waals surface area contributed by atoms with Crippen LogP contribution in [-0.2, 0) is 9.59 Å². The summed E-state index contributed by atoms with van der Waals surface area (Å²) in [5.74, 6) is 0.573. The minimum atomic E-state index is -0.788. The summed E-state index contributed by atoms with van der Waals surface area (Å²) in [4.78, 5) is 30.8. The zero-order chi connectivity index (χ0) is 28.6. The summed E-state index contributed by atoms with van der Waals surface area (Å²) in [5, 5.41) is 11.5. The van der Waals surface area contributed by atoms with Crippen LogP contribution in [0.1, 0.15) is 57.7 Å². The van der Waals surface area contributed by atoms with Gasteiger partial charge < -0.3 is 33.9 Å². The molecular formula is C31H40N2O7. The Morgan fingerprint density at radius 1 is 0.975 bits per heavy atom. The summed E-state index contributed by atoms with van der Waals surface area (Å²) in [6.45, 7) is 12.9. The van der Waals surface area contributed by atoms with Crippen molar-refractivity contribution in [1.82, 2.24) is 9.80 Å². The number of likely N-dealkylation sites (tertiary alicyclic amines) is 1. The summed E-state index contributed by atoms with van der Waals surface area (Å²) in [6, 6.07) is 9.66. The lowest BCUT2D eigenvalue weighted by molar-refractivity contribution is -0.140. The predicted molar refractivity (Wildman–Crippen MR) is 152 cm³/mol. The van der Waals surface area contributed by atoms with Crippen molar-refractivity contribution in [2.45, 2.75) is 46.6 Å². The Hall–Kier alpha value is -3.72. The Kier molecular flexibility index (Phi) is 9.93. The van der Waals surface area contributed by atoms with Crippen LogP contribution in [0, 0.1) is 0 Å². The fraction of sp³-hybridized carbons (Fsp3) is 0.484. The van der Waals surface area contributed by atoms with E-state index in [0.717, 1.165) is 26.1 Å². The van der Waals surface area contributed by atoms with Gasteiger partial charge in [0, 0.05) is 12.1 Å². The van der Waals surface area contributed by atoms with Gasteiger partial charge >= 0.3 is 0 Å². The Morgan fingerprint density at radius 3 is 2.42 bits per heavy atom. The van der Waals surface area contributed by atoms with Crippen molar-refractivity contribution in [2.24, 2.45) is 0 Å². The molecule has 0 aromatic heterocycles. The number of rotatable bonds is 13. The molecule has 0 aliphatic carbocycles. The van der Waals surface area contributed by atoms with Gasteiger partial charge in [-0.15, -0.1) is 0 Å². The molecule has 9 heteroatoms. The van der Waals surface area contributed by atoms with Crippen molar-refractivity contribution in [1.29, 1.82) is 0 Å². The van der Waals surface area contributed by atoms with Crippen LogP contribution in [-0.4, -0.2) is 79.2 Å². The van der Waals surface area contributed by atoms with Crippen molar-refractivity contribution < 1.29 is 33.6 Å². The Labute approximate surface area is 236 Å². The number of aliphatic hydroxyl groups is 1. The van der Waals surface area contributed by atoms with E-state index in [4.69, 9.17) is 18.9 Å². The second kappa shape index (κ2) is 13.6. The molecule has 2 aliphatic heterocycles. The van der Waals surface area contributed by atoms with E-state index in [1.165, 1.54) is 0 Å². The van der Waals surface area contributed by atoms with Gasteiger partial charge in [0.05, 0.1) is 24.8 Å².